The molecule has 182 valence electrons. The lowest BCUT2D eigenvalue weighted by atomic mass is 10.1. The number of benzene rings is 2. The first kappa shape index (κ1) is 24.0. The van der Waals surface area contributed by atoms with Crippen LogP contribution in [-0.2, 0) is 24.2 Å². The minimum absolute atomic E-state index is 0.00700. The molecule has 34 heavy (non-hydrogen) atoms. The number of hydrogen-bond acceptors (Lipinski definition) is 7. The van der Waals surface area contributed by atoms with E-state index in [0.29, 0.717) is 30.2 Å². The van der Waals surface area contributed by atoms with Gasteiger partial charge in [0.2, 0.25) is 11.8 Å². The minimum Gasteiger partial charge on any atom is -0.493 e. The Morgan fingerprint density at radius 1 is 1.15 bits per heavy atom. The highest BCUT2D eigenvalue weighted by Crippen LogP contribution is 2.42. The maximum atomic E-state index is 13.7. The number of nitrogens with one attached hydrogen (secondary N) is 1. The van der Waals surface area contributed by atoms with E-state index in [0.717, 1.165) is 12.8 Å². The first-order chi connectivity index (χ1) is 16.3. The number of hydrogen-bond donors (Lipinski definition) is 1. The zero-order valence-electron chi connectivity index (χ0n) is 19.2. The van der Waals surface area contributed by atoms with E-state index in [9.17, 15) is 18.0 Å². The van der Waals surface area contributed by atoms with Crippen molar-refractivity contribution in [2.24, 2.45) is 0 Å². The summed E-state index contributed by atoms with van der Waals surface area (Å²) in [5.41, 5.74) is 0.605. The van der Waals surface area contributed by atoms with Gasteiger partial charge in [-0.1, -0.05) is 18.2 Å². The van der Waals surface area contributed by atoms with Crippen molar-refractivity contribution in [3.8, 4) is 11.5 Å². The molecule has 2 heterocycles. The molecule has 0 radical (unpaired) electrons. The maximum absolute atomic E-state index is 13.7. The van der Waals surface area contributed by atoms with E-state index in [2.05, 4.69) is 5.32 Å². The van der Waals surface area contributed by atoms with E-state index >= 15 is 0 Å². The molecule has 2 unspecified atom stereocenters. The molecule has 1 N–H and O–H groups in total. The molecule has 2 aliphatic heterocycles. The van der Waals surface area contributed by atoms with Gasteiger partial charge in [-0.05, 0) is 42.7 Å². The van der Waals surface area contributed by atoms with Gasteiger partial charge in [-0.15, -0.1) is 0 Å². The molecule has 2 aromatic rings. The van der Waals surface area contributed by atoms with E-state index in [1.807, 2.05) is 0 Å². The van der Waals surface area contributed by atoms with Gasteiger partial charge in [0.05, 0.1) is 36.2 Å². The highest BCUT2D eigenvalue weighted by molar-refractivity contribution is 7.92. The quantitative estimate of drug-likeness (QED) is 0.636. The van der Waals surface area contributed by atoms with Crippen molar-refractivity contribution in [1.82, 2.24) is 5.32 Å². The first-order valence-electron chi connectivity index (χ1n) is 11.1. The van der Waals surface area contributed by atoms with Gasteiger partial charge >= 0.3 is 0 Å². The molecular formula is C24H28N2O7S. The SMILES string of the molecule is COc1ccc(C2CC(=O)N(CC(=O)NCC3CCCO3)c3ccccc3S2(=O)=O)cc1OC. The molecular weight excluding hydrogens is 460 g/mol. The third kappa shape index (κ3) is 4.74. The van der Waals surface area contributed by atoms with Gasteiger partial charge in [0, 0.05) is 19.6 Å². The molecule has 0 bridgehead atoms. The van der Waals surface area contributed by atoms with Crippen LogP contribution < -0.4 is 19.7 Å². The maximum Gasteiger partial charge on any atom is 0.240 e. The molecule has 10 heteroatoms. The summed E-state index contributed by atoms with van der Waals surface area (Å²) in [5.74, 6) is -0.0136. The number of carbonyl (C=O) groups excluding carboxylic acids is 2. The molecule has 9 nitrogen and oxygen atoms in total. The normalized spacial score (nSPS) is 21.5. The van der Waals surface area contributed by atoms with Crippen LogP contribution >= 0.6 is 0 Å². The number of nitrogens with zero attached hydrogens (tertiary/aromatic N) is 1. The van der Waals surface area contributed by atoms with E-state index in [1.165, 1.54) is 25.2 Å². The number of fused-ring (bicyclic) bond motifs is 1. The second-order valence-electron chi connectivity index (χ2n) is 8.24. The number of rotatable bonds is 7. The largest absolute Gasteiger partial charge is 0.493 e. The number of anilines is 1. The smallest absolute Gasteiger partial charge is 0.240 e. The van der Waals surface area contributed by atoms with Gasteiger partial charge in [0.25, 0.3) is 0 Å². The van der Waals surface area contributed by atoms with Gasteiger partial charge < -0.3 is 24.4 Å². The average molecular weight is 489 g/mol. The fourth-order valence-electron chi connectivity index (χ4n) is 4.34. The number of methoxy groups -OCH3 is 2. The second kappa shape index (κ2) is 10.0. The summed E-state index contributed by atoms with van der Waals surface area (Å²) in [6.07, 6.45) is 1.47. The van der Waals surface area contributed by atoms with Crippen LogP contribution in [0.5, 0.6) is 11.5 Å². The average Bonchev–Trinajstić information content (AvgIpc) is 3.35. The summed E-state index contributed by atoms with van der Waals surface area (Å²) >= 11 is 0. The number of sulfone groups is 1. The van der Waals surface area contributed by atoms with Crippen LogP contribution in [0, 0.1) is 0 Å². The van der Waals surface area contributed by atoms with Crippen molar-refractivity contribution in [3.05, 3.63) is 48.0 Å². The Bertz CT molecular complexity index is 1180. The monoisotopic (exact) mass is 488 g/mol. The van der Waals surface area contributed by atoms with Gasteiger partial charge in [0.1, 0.15) is 6.54 Å². The van der Waals surface area contributed by atoms with Crippen LogP contribution in [-0.4, -0.2) is 60.3 Å². The predicted octanol–water partition coefficient (Wildman–Crippen LogP) is 2.25. The first-order valence-corrected chi connectivity index (χ1v) is 12.6. The van der Waals surface area contributed by atoms with E-state index in [1.54, 1.807) is 36.4 Å². The fraction of sp³-hybridized carbons (Fsp3) is 0.417. The Morgan fingerprint density at radius 2 is 1.91 bits per heavy atom. The second-order valence-corrected chi connectivity index (χ2v) is 10.3. The lowest BCUT2D eigenvalue weighted by molar-refractivity contribution is -0.124. The number of para-hydroxylation sites is 1. The van der Waals surface area contributed by atoms with Crippen molar-refractivity contribution < 1.29 is 32.2 Å². The molecule has 2 amide bonds. The van der Waals surface area contributed by atoms with Crippen molar-refractivity contribution in [2.45, 2.75) is 35.5 Å². The minimum atomic E-state index is -3.95. The van der Waals surface area contributed by atoms with Gasteiger partial charge in [0.15, 0.2) is 21.3 Å². The van der Waals surface area contributed by atoms with Gasteiger partial charge in [-0.2, -0.15) is 0 Å². The summed E-state index contributed by atoms with van der Waals surface area (Å²) in [6, 6.07) is 11.1. The molecule has 2 atom stereocenters. The highest BCUT2D eigenvalue weighted by atomic mass is 32.2. The third-order valence-electron chi connectivity index (χ3n) is 6.13. The van der Waals surface area contributed by atoms with Crippen LogP contribution in [0.1, 0.15) is 30.1 Å². The molecule has 0 spiro atoms. The van der Waals surface area contributed by atoms with Crippen LogP contribution in [0.15, 0.2) is 47.4 Å². The Labute approximate surface area is 198 Å². The number of ether oxygens (including phenoxy) is 3. The van der Waals surface area contributed by atoms with E-state index in [-0.39, 0.29) is 35.6 Å². The molecule has 1 saturated heterocycles. The Hall–Kier alpha value is -3.11. The predicted molar refractivity (Wildman–Crippen MR) is 125 cm³/mol. The summed E-state index contributed by atoms with van der Waals surface area (Å²) in [4.78, 5) is 27.2. The lowest BCUT2D eigenvalue weighted by Gasteiger charge is -2.22. The van der Waals surface area contributed by atoms with Crippen molar-refractivity contribution >= 4 is 27.3 Å². The van der Waals surface area contributed by atoms with Crippen molar-refractivity contribution in [3.63, 3.8) is 0 Å². The molecule has 0 saturated carbocycles. The topological polar surface area (TPSA) is 111 Å². The fourth-order valence-corrected chi connectivity index (χ4v) is 6.25. The molecule has 1 fully saturated rings. The lowest BCUT2D eigenvalue weighted by Crippen LogP contribution is -2.42. The standard InChI is InChI=1S/C24H28N2O7S/c1-31-19-10-9-16(12-20(19)32-2)22-13-24(28)26(15-23(27)25-14-17-6-5-11-33-17)18-7-3-4-8-21(18)34(22,29)30/h3-4,7-10,12,17,22H,5-6,11,13-15H2,1-2H3,(H,25,27). The molecule has 0 aliphatic carbocycles. The van der Waals surface area contributed by atoms with Crippen LogP contribution in [0.2, 0.25) is 0 Å². The Morgan fingerprint density at radius 3 is 2.62 bits per heavy atom. The van der Waals surface area contributed by atoms with Crippen molar-refractivity contribution in [2.75, 3.05) is 38.8 Å². The molecule has 0 aromatic heterocycles. The zero-order valence-corrected chi connectivity index (χ0v) is 20.0. The van der Waals surface area contributed by atoms with Crippen molar-refractivity contribution in [1.29, 1.82) is 0 Å². The summed E-state index contributed by atoms with van der Waals surface area (Å²) in [7, 11) is -1.01. The van der Waals surface area contributed by atoms with Crippen LogP contribution in [0.25, 0.3) is 0 Å². The highest BCUT2D eigenvalue weighted by Gasteiger charge is 2.40. The van der Waals surface area contributed by atoms with Gasteiger partial charge in [-0.25, -0.2) is 8.42 Å². The number of amides is 2. The molecule has 4 rings (SSSR count). The van der Waals surface area contributed by atoms with E-state index in [4.69, 9.17) is 14.2 Å². The molecule has 2 aromatic carbocycles. The van der Waals surface area contributed by atoms with Gasteiger partial charge in [-0.3, -0.25) is 9.59 Å². The summed E-state index contributed by atoms with van der Waals surface area (Å²) in [6.45, 7) is 0.750. The summed E-state index contributed by atoms with van der Waals surface area (Å²) < 4.78 is 43.5. The number of carbonyl (C=O) groups is 2. The molecule has 2 aliphatic rings. The Kier molecular flexibility index (Phi) is 7.08. The van der Waals surface area contributed by atoms with Crippen LogP contribution in [0.3, 0.4) is 0 Å². The van der Waals surface area contributed by atoms with E-state index < -0.39 is 21.0 Å². The summed E-state index contributed by atoms with van der Waals surface area (Å²) in [5, 5.41) is 1.66. The van der Waals surface area contributed by atoms with Crippen LogP contribution in [0.4, 0.5) is 5.69 Å². The third-order valence-corrected chi connectivity index (χ3v) is 8.28. The zero-order chi connectivity index (χ0) is 24.3. The Balaban J connectivity index is 1.65.